The average Bonchev–Trinajstić information content (AvgIpc) is 2.89. The minimum absolute atomic E-state index is 0.277. The first-order valence-electron chi connectivity index (χ1n) is 10.1. The lowest BCUT2D eigenvalue weighted by Crippen LogP contribution is -2.45. The molecule has 0 spiro atoms. The molecule has 146 valence electrons. The fourth-order valence-corrected chi connectivity index (χ4v) is 4.69. The van der Waals surface area contributed by atoms with Crippen LogP contribution in [-0.2, 0) is 12.8 Å². The van der Waals surface area contributed by atoms with Crippen molar-refractivity contribution < 1.29 is 4.39 Å². The van der Waals surface area contributed by atoms with Crippen molar-refractivity contribution in [3.63, 3.8) is 0 Å². The molecule has 0 aromatic carbocycles. The minimum atomic E-state index is -1.14. The van der Waals surface area contributed by atoms with Gasteiger partial charge in [0, 0.05) is 37.0 Å². The molecule has 0 amide bonds. The Hall–Kier alpha value is -1.46. The van der Waals surface area contributed by atoms with Crippen molar-refractivity contribution in [3.05, 3.63) is 34.1 Å². The first-order valence-corrected chi connectivity index (χ1v) is 10.5. The van der Waals surface area contributed by atoms with Crippen molar-refractivity contribution in [1.29, 1.82) is 0 Å². The van der Waals surface area contributed by atoms with Crippen molar-refractivity contribution in [3.8, 4) is 0 Å². The van der Waals surface area contributed by atoms with Crippen LogP contribution >= 0.6 is 11.6 Å². The van der Waals surface area contributed by atoms with Gasteiger partial charge in [-0.3, -0.25) is 0 Å². The molecule has 0 saturated carbocycles. The van der Waals surface area contributed by atoms with Crippen molar-refractivity contribution in [2.45, 2.75) is 70.6 Å². The Morgan fingerprint density at radius 1 is 1.11 bits per heavy atom. The van der Waals surface area contributed by atoms with Crippen molar-refractivity contribution in [2.75, 3.05) is 18.0 Å². The summed E-state index contributed by atoms with van der Waals surface area (Å²) < 4.78 is 14.3. The molecule has 1 aromatic heterocycles. The van der Waals surface area contributed by atoms with E-state index < -0.39 is 6.17 Å². The maximum absolute atomic E-state index is 14.3. The number of hydrogen-bond acceptors (Lipinski definition) is 4. The molecule has 4 nitrogen and oxygen atoms in total. The number of alkyl halides is 1. The van der Waals surface area contributed by atoms with Crippen LogP contribution in [0.25, 0.3) is 5.57 Å². The zero-order valence-corrected chi connectivity index (χ0v) is 16.9. The molecule has 3 atom stereocenters. The van der Waals surface area contributed by atoms with Crippen molar-refractivity contribution in [2.24, 2.45) is 0 Å². The van der Waals surface area contributed by atoms with Crippen LogP contribution in [-0.4, -0.2) is 41.3 Å². The van der Waals surface area contributed by atoms with E-state index in [1.54, 1.807) is 6.08 Å². The topological polar surface area (TPSA) is 41.1 Å². The number of piperidine rings is 1. The van der Waals surface area contributed by atoms with Gasteiger partial charge in [-0.25, -0.2) is 14.4 Å². The van der Waals surface area contributed by atoms with Crippen LogP contribution < -0.4 is 10.2 Å². The molecule has 2 aliphatic heterocycles. The lowest BCUT2D eigenvalue weighted by molar-refractivity contribution is 0.398. The number of nitrogens with one attached hydrogen (secondary N) is 1. The van der Waals surface area contributed by atoms with E-state index in [9.17, 15) is 4.39 Å². The third kappa shape index (κ3) is 3.77. The lowest BCUT2D eigenvalue weighted by Gasteiger charge is -2.39. The van der Waals surface area contributed by atoms with Crippen molar-refractivity contribution in [1.82, 2.24) is 15.3 Å². The molecule has 6 heteroatoms. The van der Waals surface area contributed by atoms with Gasteiger partial charge in [0.1, 0.15) is 6.17 Å². The summed E-state index contributed by atoms with van der Waals surface area (Å²) in [7, 11) is 0. The molecule has 0 bridgehead atoms. The maximum atomic E-state index is 14.3. The second-order valence-corrected chi connectivity index (χ2v) is 8.44. The van der Waals surface area contributed by atoms with Gasteiger partial charge in [0.2, 0.25) is 5.95 Å². The van der Waals surface area contributed by atoms with Crippen LogP contribution in [0, 0.1) is 0 Å². The van der Waals surface area contributed by atoms with E-state index in [0.29, 0.717) is 12.1 Å². The number of rotatable bonds is 2. The molecule has 4 rings (SSSR count). The van der Waals surface area contributed by atoms with Gasteiger partial charge in [0.25, 0.3) is 0 Å². The van der Waals surface area contributed by atoms with Gasteiger partial charge < -0.3 is 10.2 Å². The quantitative estimate of drug-likeness (QED) is 0.822. The number of halogens is 2. The van der Waals surface area contributed by atoms with Gasteiger partial charge in [0.15, 0.2) is 0 Å². The number of aromatic nitrogens is 2. The Labute approximate surface area is 165 Å². The number of allylic oxidation sites excluding steroid dienone is 4. The SMILES string of the molecule is C[C@@H]1CCC[C@H](C)N1c1nc2c(c(C3=CC=C(Cl)C(F)C3)n1)CCNCC2. The monoisotopic (exact) mass is 390 g/mol. The highest BCUT2D eigenvalue weighted by Crippen LogP contribution is 2.35. The molecule has 27 heavy (non-hydrogen) atoms. The molecule has 1 fully saturated rings. The Morgan fingerprint density at radius 2 is 1.85 bits per heavy atom. The predicted molar refractivity (Wildman–Crippen MR) is 109 cm³/mol. The van der Waals surface area contributed by atoms with Gasteiger partial charge in [-0.05, 0) is 57.7 Å². The number of anilines is 1. The molecule has 1 N–H and O–H groups in total. The van der Waals surface area contributed by atoms with Crippen molar-refractivity contribution >= 4 is 23.1 Å². The van der Waals surface area contributed by atoms with Crippen LogP contribution in [0.5, 0.6) is 0 Å². The molecular formula is C21H28ClFN4. The second-order valence-electron chi connectivity index (χ2n) is 8.00. The van der Waals surface area contributed by atoms with E-state index in [2.05, 4.69) is 24.1 Å². The van der Waals surface area contributed by atoms with Crippen LogP contribution in [0.15, 0.2) is 17.2 Å². The Kier molecular flexibility index (Phi) is 5.51. The summed E-state index contributed by atoms with van der Waals surface area (Å²) in [4.78, 5) is 12.4. The van der Waals surface area contributed by atoms with Gasteiger partial charge in [0.05, 0.1) is 16.4 Å². The minimum Gasteiger partial charge on any atom is -0.335 e. The van der Waals surface area contributed by atoms with Gasteiger partial charge in [-0.15, -0.1) is 0 Å². The van der Waals surface area contributed by atoms with E-state index in [4.69, 9.17) is 21.6 Å². The zero-order valence-electron chi connectivity index (χ0n) is 16.1. The normalized spacial score (nSPS) is 28.9. The molecule has 0 radical (unpaired) electrons. The van der Waals surface area contributed by atoms with Crippen LogP contribution in [0.4, 0.5) is 10.3 Å². The first-order chi connectivity index (χ1) is 13.0. The number of hydrogen-bond donors (Lipinski definition) is 1. The average molecular weight is 391 g/mol. The molecule has 3 heterocycles. The summed E-state index contributed by atoms with van der Waals surface area (Å²) in [6, 6.07) is 0.847. The van der Waals surface area contributed by atoms with Gasteiger partial charge >= 0.3 is 0 Å². The van der Waals surface area contributed by atoms with E-state index in [1.807, 2.05) is 6.08 Å². The molecule has 1 saturated heterocycles. The summed E-state index contributed by atoms with van der Waals surface area (Å²) in [6.45, 7) is 6.34. The number of nitrogens with zero attached hydrogens (tertiary/aromatic N) is 3. The first kappa shape index (κ1) is 18.9. The van der Waals surface area contributed by atoms with Crippen LogP contribution in [0.3, 0.4) is 0 Å². The summed E-state index contributed by atoms with van der Waals surface area (Å²) in [6.07, 6.45) is 8.10. The highest BCUT2D eigenvalue weighted by molar-refractivity contribution is 6.30. The highest BCUT2D eigenvalue weighted by atomic mass is 35.5. The van der Waals surface area contributed by atoms with E-state index in [-0.39, 0.29) is 11.5 Å². The summed E-state index contributed by atoms with van der Waals surface area (Å²) >= 11 is 5.97. The molecule has 1 aliphatic carbocycles. The number of fused-ring (bicyclic) bond motifs is 1. The lowest BCUT2D eigenvalue weighted by atomic mass is 9.94. The van der Waals surface area contributed by atoms with E-state index in [0.717, 1.165) is 61.7 Å². The van der Waals surface area contributed by atoms with Gasteiger partial charge in [-0.2, -0.15) is 0 Å². The Bertz CT molecular complexity index is 766. The Balaban J connectivity index is 1.82. The predicted octanol–water partition coefficient (Wildman–Crippen LogP) is 4.18. The maximum Gasteiger partial charge on any atom is 0.226 e. The van der Waals surface area contributed by atoms with Gasteiger partial charge in [-0.1, -0.05) is 17.7 Å². The molecule has 1 unspecified atom stereocenters. The highest BCUT2D eigenvalue weighted by Gasteiger charge is 2.30. The molecule has 1 aromatic rings. The van der Waals surface area contributed by atoms with Crippen LogP contribution in [0.1, 0.15) is 56.5 Å². The third-order valence-electron chi connectivity index (χ3n) is 6.04. The summed E-state index contributed by atoms with van der Waals surface area (Å²) in [5.41, 5.74) is 4.14. The summed E-state index contributed by atoms with van der Waals surface area (Å²) in [5.74, 6) is 0.808. The fraction of sp³-hybridized carbons (Fsp3) is 0.619. The molecule has 3 aliphatic rings. The largest absolute Gasteiger partial charge is 0.335 e. The Morgan fingerprint density at radius 3 is 2.59 bits per heavy atom. The zero-order chi connectivity index (χ0) is 19.0. The second kappa shape index (κ2) is 7.88. The van der Waals surface area contributed by atoms with E-state index in [1.165, 1.54) is 12.0 Å². The molecular weight excluding hydrogens is 363 g/mol. The standard InChI is InChI=1S/C21H28ClFN4/c1-13-4-3-5-14(2)27(13)21-25-19-9-11-24-10-8-16(19)20(26-21)15-6-7-17(22)18(23)12-15/h6-7,13-14,18,24H,3-5,8-12H2,1-2H3/t13-,14+,18?. The smallest absolute Gasteiger partial charge is 0.226 e. The van der Waals surface area contributed by atoms with Crippen LogP contribution in [0.2, 0.25) is 0 Å². The van der Waals surface area contributed by atoms with E-state index >= 15 is 0 Å². The fourth-order valence-electron chi connectivity index (χ4n) is 4.55. The summed E-state index contributed by atoms with van der Waals surface area (Å²) in [5, 5.41) is 3.73. The third-order valence-corrected chi connectivity index (χ3v) is 6.40.